The molecule has 0 saturated carbocycles. The Morgan fingerprint density at radius 1 is 0.740 bits per heavy atom. The summed E-state index contributed by atoms with van der Waals surface area (Å²) < 4.78 is 11.6. The van der Waals surface area contributed by atoms with Gasteiger partial charge in [0.1, 0.15) is 11.5 Å². The van der Waals surface area contributed by atoms with E-state index in [1.807, 2.05) is 48.7 Å². The quantitative estimate of drug-likeness (QED) is 0.236. The molecule has 0 radical (unpaired) electrons. The van der Waals surface area contributed by atoms with Crippen molar-refractivity contribution in [3.05, 3.63) is 82.2 Å². The molecule has 2 spiro atoms. The lowest BCUT2D eigenvalue weighted by Crippen LogP contribution is -2.56. The molecule has 50 heavy (non-hydrogen) atoms. The molecule has 4 saturated heterocycles. The number of ether oxygens (including phenoxy) is 2. The van der Waals surface area contributed by atoms with Crippen LogP contribution in [-0.4, -0.2) is 85.1 Å². The van der Waals surface area contributed by atoms with E-state index < -0.39 is 0 Å². The molecule has 12 heteroatoms. The lowest BCUT2D eigenvalue weighted by molar-refractivity contribution is -0.121. The van der Waals surface area contributed by atoms with Crippen LogP contribution in [0.15, 0.2) is 60.9 Å². The number of amides is 2. The van der Waals surface area contributed by atoms with Gasteiger partial charge >= 0.3 is 0 Å². The van der Waals surface area contributed by atoms with Gasteiger partial charge in [0.15, 0.2) is 0 Å². The Balaban J connectivity index is 1.01. The first kappa shape index (κ1) is 33.0. The molecule has 258 valence electrons. The van der Waals surface area contributed by atoms with Crippen LogP contribution in [0, 0.1) is 10.8 Å². The second-order valence-electron chi connectivity index (χ2n) is 14.3. The van der Waals surface area contributed by atoms with Gasteiger partial charge in [0, 0.05) is 122 Å². The minimum Gasteiger partial charge on any atom is -0.496 e. The maximum atomic E-state index is 11.8. The third kappa shape index (κ3) is 5.98. The van der Waals surface area contributed by atoms with E-state index in [2.05, 4.69) is 31.5 Å². The monoisotopic (exact) mass is 712 g/mol. The fraction of sp³-hybridized carbons (Fsp3) is 0.368. The Hall–Kier alpha value is -4.22. The van der Waals surface area contributed by atoms with E-state index in [1.165, 1.54) is 0 Å². The summed E-state index contributed by atoms with van der Waals surface area (Å²) in [5.74, 6) is 1.73. The highest BCUT2D eigenvalue weighted by atomic mass is 35.5. The van der Waals surface area contributed by atoms with E-state index in [-0.39, 0.29) is 22.6 Å². The van der Waals surface area contributed by atoms with Gasteiger partial charge in [0.05, 0.1) is 35.7 Å². The zero-order valence-electron chi connectivity index (χ0n) is 28.0. The summed E-state index contributed by atoms with van der Waals surface area (Å²) in [5.41, 5.74) is 6.69. The molecule has 4 aliphatic rings. The second-order valence-corrected chi connectivity index (χ2v) is 15.0. The van der Waals surface area contributed by atoms with Crippen molar-refractivity contribution < 1.29 is 19.1 Å². The van der Waals surface area contributed by atoms with Gasteiger partial charge in [-0.15, -0.1) is 0 Å². The van der Waals surface area contributed by atoms with Gasteiger partial charge in [0.2, 0.25) is 11.8 Å². The number of nitrogens with one attached hydrogen (secondary N) is 2. The van der Waals surface area contributed by atoms with E-state index in [0.717, 1.165) is 90.6 Å². The van der Waals surface area contributed by atoms with Crippen molar-refractivity contribution in [2.75, 3.05) is 53.5 Å². The fourth-order valence-electron chi connectivity index (χ4n) is 8.19. The topological polar surface area (TPSA) is 109 Å². The van der Waals surface area contributed by atoms with E-state index in [1.54, 1.807) is 20.4 Å². The minimum absolute atomic E-state index is 0.0526. The third-order valence-corrected chi connectivity index (χ3v) is 11.4. The highest BCUT2D eigenvalue weighted by Gasteiger charge is 2.49. The number of nitrogens with zero attached hydrogens (tertiary/aromatic N) is 4. The number of halogens is 2. The van der Waals surface area contributed by atoms with Crippen LogP contribution in [0.2, 0.25) is 10.0 Å². The summed E-state index contributed by atoms with van der Waals surface area (Å²) in [6.45, 7) is 6.38. The van der Waals surface area contributed by atoms with Gasteiger partial charge in [0.25, 0.3) is 0 Å². The first-order valence-electron chi connectivity index (χ1n) is 16.8. The number of rotatable bonds is 9. The molecular weight excluding hydrogens is 675 g/mol. The van der Waals surface area contributed by atoms with Crippen LogP contribution in [0.1, 0.15) is 24.1 Å². The van der Waals surface area contributed by atoms with Crippen molar-refractivity contribution >= 4 is 35.0 Å². The Bertz CT molecular complexity index is 1870. The lowest BCUT2D eigenvalue weighted by atomic mass is 9.79. The van der Waals surface area contributed by atoms with Crippen LogP contribution in [0.25, 0.3) is 33.5 Å². The normalized spacial score (nSPS) is 19.3. The minimum atomic E-state index is 0.0526. The summed E-state index contributed by atoms with van der Waals surface area (Å²) in [4.78, 5) is 37.6. The SMILES string of the molecule is COc1cc(-c2nccc(-c3cccc(-c4cnc(CN5CC6(CNC(=O)C6)C5)c(OC)c4)c3Cl)c2Cl)ccc1CN1CC2(CNC(=O)C2)C1. The number of benzene rings is 2. The Labute approximate surface area is 301 Å². The molecule has 2 aromatic heterocycles. The van der Waals surface area contributed by atoms with Crippen molar-refractivity contribution in [2.24, 2.45) is 10.8 Å². The molecule has 0 bridgehead atoms. The highest BCUT2D eigenvalue weighted by Crippen LogP contribution is 2.44. The summed E-state index contributed by atoms with van der Waals surface area (Å²) in [5, 5.41) is 6.96. The summed E-state index contributed by atoms with van der Waals surface area (Å²) in [6, 6.07) is 15.8. The number of carbonyl (C=O) groups is 2. The van der Waals surface area contributed by atoms with Crippen molar-refractivity contribution in [2.45, 2.75) is 25.9 Å². The first-order valence-corrected chi connectivity index (χ1v) is 17.5. The van der Waals surface area contributed by atoms with Gasteiger partial charge in [-0.3, -0.25) is 29.4 Å². The van der Waals surface area contributed by atoms with Crippen molar-refractivity contribution in [3.8, 4) is 45.0 Å². The smallest absolute Gasteiger partial charge is 0.220 e. The molecule has 2 N–H and O–H groups in total. The highest BCUT2D eigenvalue weighted by molar-refractivity contribution is 6.39. The zero-order chi connectivity index (χ0) is 34.6. The van der Waals surface area contributed by atoms with Crippen LogP contribution in [0.5, 0.6) is 11.5 Å². The van der Waals surface area contributed by atoms with Crippen LogP contribution < -0.4 is 20.1 Å². The standard InChI is InChI=1S/C38H38Cl2N6O4/c1-49-30-10-23(6-7-24(30)15-45-19-37(20-45)12-32(47)43-17-37)36-35(40)28(8-9-41-36)27-5-3-4-26(34(27)39)25-11-31(50-2)29(42-14-25)16-46-21-38(22-46)13-33(48)44-18-38/h3-11,14H,12-13,15-22H2,1-2H3,(H,43,47)(H,44,48). The van der Waals surface area contributed by atoms with E-state index in [0.29, 0.717) is 40.9 Å². The maximum absolute atomic E-state index is 11.8. The Morgan fingerprint density at radius 2 is 1.36 bits per heavy atom. The predicted molar refractivity (Wildman–Crippen MR) is 192 cm³/mol. The number of aromatic nitrogens is 2. The third-order valence-electron chi connectivity index (χ3n) is 10.6. The summed E-state index contributed by atoms with van der Waals surface area (Å²) >= 11 is 14.2. The van der Waals surface area contributed by atoms with E-state index >= 15 is 0 Å². The first-order chi connectivity index (χ1) is 24.2. The molecule has 2 amide bonds. The number of likely N-dealkylation sites (tertiary alicyclic amines) is 2. The average molecular weight is 714 g/mol. The maximum Gasteiger partial charge on any atom is 0.220 e. The zero-order valence-corrected chi connectivity index (χ0v) is 29.5. The van der Waals surface area contributed by atoms with Crippen LogP contribution in [-0.2, 0) is 22.7 Å². The predicted octanol–water partition coefficient (Wildman–Crippen LogP) is 5.45. The molecule has 0 unspecified atom stereocenters. The molecule has 4 fully saturated rings. The van der Waals surface area contributed by atoms with Gasteiger partial charge in [-0.2, -0.15) is 0 Å². The molecule has 8 rings (SSSR count). The van der Waals surface area contributed by atoms with Gasteiger partial charge in [-0.25, -0.2) is 0 Å². The molecule has 2 aromatic carbocycles. The number of carbonyl (C=O) groups excluding carboxylic acids is 2. The fourth-order valence-corrected chi connectivity index (χ4v) is 8.85. The number of methoxy groups -OCH3 is 2. The van der Waals surface area contributed by atoms with Gasteiger partial charge in [-0.05, 0) is 18.2 Å². The summed E-state index contributed by atoms with van der Waals surface area (Å²) in [7, 11) is 3.32. The molecule has 6 heterocycles. The largest absolute Gasteiger partial charge is 0.496 e. The Morgan fingerprint density at radius 3 is 2.00 bits per heavy atom. The lowest BCUT2D eigenvalue weighted by Gasteiger charge is -2.47. The number of hydrogen-bond donors (Lipinski definition) is 2. The van der Waals surface area contributed by atoms with Crippen molar-refractivity contribution in [1.29, 1.82) is 0 Å². The molecule has 4 aliphatic heterocycles. The van der Waals surface area contributed by atoms with Crippen molar-refractivity contribution in [3.63, 3.8) is 0 Å². The number of hydrogen-bond acceptors (Lipinski definition) is 8. The Kier molecular flexibility index (Phi) is 8.46. The van der Waals surface area contributed by atoms with E-state index in [4.69, 9.17) is 37.7 Å². The van der Waals surface area contributed by atoms with Crippen LogP contribution in [0.4, 0.5) is 0 Å². The number of pyridine rings is 2. The molecule has 0 atom stereocenters. The van der Waals surface area contributed by atoms with Crippen molar-refractivity contribution in [1.82, 2.24) is 30.4 Å². The second kappa shape index (κ2) is 12.8. The van der Waals surface area contributed by atoms with Gasteiger partial charge < -0.3 is 20.1 Å². The van der Waals surface area contributed by atoms with Crippen LogP contribution >= 0.6 is 23.2 Å². The molecule has 10 nitrogen and oxygen atoms in total. The average Bonchev–Trinajstić information content (AvgIpc) is 3.68. The van der Waals surface area contributed by atoms with Crippen LogP contribution in [0.3, 0.4) is 0 Å². The van der Waals surface area contributed by atoms with E-state index in [9.17, 15) is 9.59 Å². The molecular formula is C38H38Cl2N6O4. The molecule has 0 aliphatic carbocycles. The summed E-state index contributed by atoms with van der Waals surface area (Å²) in [6.07, 6.45) is 4.77. The molecule has 4 aromatic rings. The van der Waals surface area contributed by atoms with Gasteiger partial charge in [-0.1, -0.05) is 53.5 Å².